The van der Waals surface area contributed by atoms with E-state index in [1.165, 1.54) is 16.7 Å². The largest absolute Gasteiger partial charge is 0.476 e. The summed E-state index contributed by atoms with van der Waals surface area (Å²) in [5, 5.41) is 15.4. The Morgan fingerprint density at radius 1 is 1.45 bits per heavy atom. The molecule has 1 aromatic rings. The minimum absolute atomic E-state index is 0.0442. The van der Waals surface area contributed by atoms with Crippen LogP contribution in [0, 0.1) is 0 Å². The zero-order valence-corrected chi connectivity index (χ0v) is 11.6. The number of morpholine rings is 1. The molecule has 2 rings (SSSR count). The van der Waals surface area contributed by atoms with E-state index in [1.54, 1.807) is 5.01 Å². The molecule has 2 heterocycles. The Balaban J connectivity index is 1.66. The van der Waals surface area contributed by atoms with Gasteiger partial charge in [-0.3, -0.25) is 5.43 Å². The Hall–Kier alpha value is -1.71. The summed E-state index contributed by atoms with van der Waals surface area (Å²) in [6, 6.07) is -0.276. The molecular weight excluding hydrogens is 284 g/mol. The lowest BCUT2D eigenvalue weighted by Crippen LogP contribution is -2.51. The maximum absolute atomic E-state index is 11.6. The van der Waals surface area contributed by atoms with E-state index < -0.39 is 5.97 Å². The lowest BCUT2D eigenvalue weighted by molar-refractivity contribution is 0.0195. The number of urea groups is 1. The van der Waals surface area contributed by atoms with Crippen molar-refractivity contribution in [2.45, 2.75) is 6.42 Å². The van der Waals surface area contributed by atoms with Gasteiger partial charge in [-0.15, -0.1) is 11.3 Å². The summed E-state index contributed by atoms with van der Waals surface area (Å²) < 4.78 is 5.17. The van der Waals surface area contributed by atoms with E-state index in [9.17, 15) is 9.59 Å². The third-order valence-corrected chi connectivity index (χ3v) is 3.57. The first-order chi connectivity index (χ1) is 9.65. The van der Waals surface area contributed by atoms with Gasteiger partial charge in [0.05, 0.1) is 18.2 Å². The summed E-state index contributed by atoms with van der Waals surface area (Å²) in [6.07, 6.45) is 0.508. The van der Waals surface area contributed by atoms with E-state index in [-0.39, 0.29) is 11.7 Å². The molecule has 3 N–H and O–H groups in total. The average Bonchev–Trinajstić information content (AvgIpc) is 2.89. The quantitative estimate of drug-likeness (QED) is 0.703. The molecule has 1 fully saturated rings. The highest BCUT2D eigenvalue weighted by Gasteiger charge is 2.13. The SMILES string of the molecule is O=C(NCCc1nc(C(=O)O)cs1)NN1CCOCC1. The van der Waals surface area contributed by atoms with Crippen molar-refractivity contribution in [2.75, 3.05) is 32.8 Å². The molecule has 0 unspecified atom stereocenters. The van der Waals surface area contributed by atoms with Crippen LogP contribution in [-0.4, -0.2) is 59.9 Å². The van der Waals surface area contributed by atoms with E-state index in [1.807, 2.05) is 0 Å². The van der Waals surface area contributed by atoms with E-state index in [4.69, 9.17) is 9.84 Å². The molecule has 110 valence electrons. The summed E-state index contributed by atoms with van der Waals surface area (Å²) >= 11 is 1.27. The smallest absolute Gasteiger partial charge is 0.355 e. The van der Waals surface area contributed by atoms with Gasteiger partial charge in [-0.1, -0.05) is 0 Å². The van der Waals surface area contributed by atoms with E-state index in [0.717, 1.165) is 0 Å². The lowest BCUT2D eigenvalue weighted by atomic mass is 10.4. The van der Waals surface area contributed by atoms with Crippen LogP contribution >= 0.6 is 11.3 Å². The van der Waals surface area contributed by atoms with Gasteiger partial charge < -0.3 is 15.2 Å². The summed E-state index contributed by atoms with van der Waals surface area (Å²) in [5.74, 6) is -1.04. The first-order valence-electron chi connectivity index (χ1n) is 6.20. The Labute approximate surface area is 119 Å². The second-order valence-corrected chi connectivity index (χ2v) is 5.09. The van der Waals surface area contributed by atoms with Crippen molar-refractivity contribution in [3.63, 3.8) is 0 Å². The van der Waals surface area contributed by atoms with Crippen LogP contribution in [0.3, 0.4) is 0 Å². The van der Waals surface area contributed by atoms with Crippen LogP contribution in [0.1, 0.15) is 15.5 Å². The zero-order chi connectivity index (χ0) is 14.4. The first-order valence-corrected chi connectivity index (χ1v) is 7.08. The number of carboxylic acid groups (broad SMARTS) is 1. The lowest BCUT2D eigenvalue weighted by Gasteiger charge is -2.26. The number of thiazole rings is 1. The number of amides is 2. The van der Waals surface area contributed by atoms with Gasteiger partial charge in [-0.25, -0.2) is 19.6 Å². The fraction of sp³-hybridized carbons (Fsp3) is 0.545. The van der Waals surface area contributed by atoms with Crippen molar-refractivity contribution in [1.29, 1.82) is 0 Å². The van der Waals surface area contributed by atoms with Crippen molar-refractivity contribution >= 4 is 23.3 Å². The Morgan fingerprint density at radius 3 is 2.85 bits per heavy atom. The van der Waals surface area contributed by atoms with Crippen LogP contribution in [0.15, 0.2) is 5.38 Å². The number of hydrogen-bond acceptors (Lipinski definition) is 6. The Bertz CT molecular complexity index is 473. The number of nitrogens with one attached hydrogen (secondary N) is 2. The van der Waals surface area contributed by atoms with Gasteiger partial charge in [0.2, 0.25) is 0 Å². The molecule has 0 radical (unpaired) electrons. The van der Waals surface area contributed by atoms with Gasteiger partial charge in [0.1, 0.15) is 0 Å². The fourth-order valence-electron chi connectivity index (χ4n) is 1.67. The number of aromatic nitrogens is 1. The maximum atomic E-state index is 11.6. The fourth-order valence-corrected chi connectivity index (χ4v) is 2.44. The third kappa shape index (κ3) is 4.44. The third-order valence-electron chi connectivity index (χ3n) is 2.67. The standard InChI is InChI=1S/C11H16N4O4S/c16-10(17)8-7-20-9(13-8)1-2-12-11(18)14-15-3-5-19-6-4-15/h7H,1-6H2,(H,16,17)(H2,12,14,18). The topological polar surface area (TPSA) is 104 Å². The monoisotopic (exact) mass is 300 g/mol. The van der Waals surface area contributed by atoms with Crippen molar-refractivity contribution in [1.82, 2.24) is 20.7 Å². The van der Waals surface area contributed by atoms with E-state index in [0.29, 0.717) is 44.3 Å². The predicted molar refractivity (Wildman–Crippen MR) is 71.7 cm³/mol. The second kappa shape index (κ2) is 7.17. The Morgan fingerprint density at radius 2 is 2.20 bits per heavy atom. The molecule has 1 aromatic heterocycles. The maximum Gasteiger partial charge on any atom is 0.355 e. The van der Waals surface area contributed by atoms with Crippen LogP contribution < -0.4 is 10.7 Å². The molecule has 1 aliphatic rings. The Kier molecular flexibility index (Phi) is 5.27. The van der Waals surface area contributed by atoms with Crippen LogP contribution in [0.2, 0.25) is 0 Å². The highest BCUT2D eigenvalue weighted by atomic mass is 32.1. The summed E-state index contributed by atoms with van der Waals surface area (Å²) in [5.41, 5.74) is 2.76. The van der Waals surface area contributed by atoms with Gasteiger partial charge in [-0.05, 0) is 0 Å². The number of nitrogens with zero attached hydrogens (tertiary/aromatic N) is 2. The number of hydrogen-bond donors (Lipinski definition) is 3. The van der Waals surface area contributed by atoms with Crippen molar-refractivity contribution < 1.29 is 19.4 Å². The first kappa shape index (κ1) is 14.7. The van der Waals surface area contributed by atoms with Crippen LogP contribution in [0.5, 0.6) is 0 Å². The molecule has 20 heavy (non-hydrogen) atoms. The number of carboxylic acids is 1. The molecule has 0 saturated carbocycles. The molecule has 1 saturated heterocycles. The molecule has 9 heteroatoms. The normalized spacial score (nSPS) is 15.8. The van der Waals surface area contributed by atoms with Crippen LogP contribution in [-0.2, 0) is 11.2 Å². The highest BCUT2D eigenvalue weighted by molar-refractivity contribution is 7.09. The number of carbonyl (C=O) groups excluding carboxylic acids is 1. The molecule has 0 atom stereocenters. The average molecular weight is 300 g/mol. The van der Waals surface area contributed by atoms with E-state index >= 15 is 0 Å². The molecule has 0 aliphatic carbocycles. The number of hydrazine groups is 1. The van der Waals surface area contributed by atoms with Gasteiger partial charge in [-0.2, -0.15) is 0 Å². The number of rotatable bonds is 5. The van der Waals surface area contributed by atoms with Gasteiger partial charge in [0.25, 0.3) is 0 Å². The molecule has 0 aromatic carbocycles. The number of carbonyl (C=O) groups is 2. The van der Waals surface area contributed by atoms with Crippen molar-refractivity contribution in [2.24, 2.45) is 0 Å². The molecule has 1 aliphatic heterocycles. The summed E-state index contributed by atoms with van der Waals surface area (Å²) in [6.45, 7) is 2.96. The molecule has 0 bridgehead atoms. The van der Waals surface area contributed by atoms with Crippen LogP contribution in [0.25, 0.3) is 0 Å². The number of ether oxygens (including phenoxy) is 1. The molecule has 8 nitrogen and oxygen atoms in total. The van der Waals surface area contributed by atoms with Crippen molar-refractivity contribution in [3.05, 3.63) is 16.1 Å². The molecular formula is C11H16N4O4S. The van der Waals surface area contributed by atoms with Crippen LogP contribution in [0.4, 0.5) is 4.79 Å². The summed E-state index contributed by atoms with van der Waals surface area (Å²) in [4.78, 5) is 26.2. The molecule has 0 spiro atoms. The predicted octanol–water partition coefficient (Wildman–Crippen LogP) is -0.0698. The van der Waals surface area contributed by atoms with Gasteiger partial charge in [0, 0.05) is 31.4 Å². The van der Waals surface area contributed by atoms with Crippen molar-refractivity contribution in [3.8, 4) is 0 Å². The van der Waals surface area contributed by atoms with Gasteiger partial charge >= 0.3 is 12.0 Å². The molecule has 2 amide bonds. The van der Waals surface area contributed by atoms with E-state index in [2.05, 4.69) is 15.7 Å². The zero-order valence-electron chi connectivity index (χ0n) is 10.8. The highest BCUT2D eigenvalue weighted by Crippen LogP contribution is 2.09. The number of aromatic carboxylic acids is 1. The minimum atomic E-state index is -1.04. The minimum Gasteiger partial charge on any atom is -0.476 e. The second-order valence-electron chi connectivity index (χ2n) is 4.15. The van der Waals surface area contributed by atoms with Gasteiger partial charge in [0.15, 0.2) is 5.69 Å². The summed E-state index contributed by atoms with van der Waals surface area (Å²) in [7, 11) is 0.